The molecule has 0 saturated heterocycles. The lowest BCUT2D eigenvalue weighted by Gasteiger charge is -2.00. The average molecular weight is 169 g/mol. The molecule has 5 nitrogen and oxygen atoms in total. The fourth-order valence-corrected chi connectivity index (χ4v) is 0.815. The number of aryl methyl sites for hydroxylation is 1. The quantitative estimate of drug-likeness (QED) is 0.575. The maximum absolute atomic E-state index is 5.24. The van der Waals surface area contributed by atoms with Gasteiger partial charge in [-0.2, -0.15) is 0 Å². The second kappa shape index (κ2) is 5.65. The van der Waals surface area contributed by atoms with Gasteiger partial charge in [0.1, 0.15) is 6.33 Å². The molecule has 0 unspecified atom stereocenters. The van der Waals surface area contributed by atoms with Gasteiger partial charge in [-0.15, -0.1) is 5.10 Å². The first-order chi connectivity index (χ1) is 5.93. The van der Waals surface area contributed by atoms with Gasteiger partial charge in [0.2, 0.25) is 0 Å². The molecule has 0 N–H and O–H groups in total. The Labute approximate surface area is 71.7 Å². The monoisotopic (exact) mass is 169 g/mol. The number of aromatic nitrogens is 4. The van der Waals surface area contributed by atoms with E-state index >= 15 is 0 Å². The lowest BCUT2D eigenvalue weighted by molar-refractivity contribution is 0.132. The molecule has 0 saturated carbocycles. The van der Waals surface area contributed by atoms with Gasteiger partial charge in [-0.25, -0.2) is 4.68 Å². The van der Waals surface area contributed by atoms with Gasteiger partial charge in [-0.05, 0) is 23.3 Å². The summed E-state index contributed by atoms with van der Waals surface area (Å²) in [4.78, 5) is 0. The van der Waals surface area contributed by atoms with E-state index in [-0.39, 0.29) is 0 Å². The molecular formula is C7H13N4O. The molecule has 0 atom stereocenters. The Hall–Kier alpha value is -0.970. The molecule has 1 rings (SSSR count). The second-order valence-electron chi connectivity index (χ2n) is 2.39. The minimum absolute atomic E-state index is 0.732. The van der Waals surface area contributed by atoms with Crippen molar-refractivity contribution in [2.24, 2.45) is 0 Å². The van der Waals surface area contributed by atoms with E-state index in [0.29, 0.717) is 0 Å². The Morgan fingerprint density at radius 3 is 3.00 bits per heavy atom. The van der Waals surface area contributed by atoms with Crippen LogP contribution in [0.15, 0.2) is 6.33 Å². The van der Waals surface area contributed by atoms with Crippen LogP contribution in [0.1, 0.15) is 12.8 Å². The van der Waals surface area contributed by atoms with E-state index in [1.54, 1.807) is 11.0 Å². The third-order valence-electron chi connectivity index (χ3n) is 1.36. The van der Waals surface area contributed by atoms with Crippen LogP contribution in [0.3, 0.4) is 0 Å². The molecule has 0 aliphatic heterocycles. The summed E-state index contributed by atoms with van der Waals surface area (Å²) in [6, 6.07) is 0. The summed E-state index contributed by atoms with van der Waals surface area (Å²) in [5, 5.41) is 10.8. The molecule has 0 bridgehead atoms. The largest absolute Gasteiger partial charge is 0.381 e. The molecular weight excluding hydrogens is 156 g/mol. The molecule has 0 aliphatic rings. The molecule has 0 fully saturated rings. The lowest BCUT2D eigenvalue weighted by atomic mass is 10.4. The first kappa shape index (κ1) is 9.12. The lowest BCUT2D eigenvalue weighted by Crippen LogP contribution is -2.03. The smallest absolute Gasteiger partial charge is 0.138 e. The van der Waals surface area contributed by atoms with Crippen molar-refractivity contribution in [3.05, 3.63) is 13.3 Å². The van der Waals surface area contributed by atoms with Crippen molar-refractivity contribution in [3.63, 3.8) is 0 Å². The second-order valence-corrected chi connectivity index (χ2v) is 2.39. The van der Waals surface area contributed by atoms with Crippen LogP contribution < -0.4 is 0 Å². The summed E-state index contributed by atoms with van der Waals surface area (Å²) >= 11 is 0. The molecule has 1 radical (unpaired) electrons. The van der Waals surface area contributed by atoms with E-state index in [1.165, 1.54) is 0 Å². The van der Waals surface area contributed by atoms with Gasteiger partial charge >= 0.3 is 0 Å². The highest BCUT2D eigenvalue weighted by Crippen LogP contribution is 1.88. The molecule has 12 heavy (non-hydrogen) atoms. The number of tetrazole rings is 1. The van der Waals surface area contributed by atoms with Crippen LogP contribution in [-0.4, -0.2) is 33.4 Å². The SMILES string of the molecule is [CH2]CCOCCCn1cnnn1. The highest BCUT2D eigenvalue weighted by atomic mass is 16.5. The molecule has 1 aromatic rings. The molecule has 5 heteroatoms. The van der Waals surface area contributed by atoms with Crippen LogP contribution in [-0.2, 0) is 11.3 Å². The minimum atomic E-state index is 0.732. The topological polar surface area (TPSA) is 52.8 Å². The molecule has 0 amide bonds. The van der Waals surface area contributed by atoms with Gasteiger partial charge in [0.15, 0.2) is 0 Å². The van der Waals surface area contributed by atoms with Gasteiger partial charge in [0.05, 0.1) is 0 Å². The van der Waals surface area contributed by atoms with E-state index < -0.39 is 0 Å². The third-order valence-corrected chi connectivity index (χ3v) is 1.36. The van der Waals surface area contributed by atoms with E-state index in [1.807, 2.05) is 0 Å². The first-order valence-corrected chi connectivity index (χ1v) is 4.01. The Morgan fingerprint density at radius 2 is 2.33 bits per heavy atom. The number of hydrogen-bond acceptors (Lipinski definition) is 4. The molecule has 0 spiro atoms. The fraction of sp³-hybridized carbons (Fsp3) is 0.714. The molecule has 1 aromatic heterocycles. The molecule has 0 aromatic carbocycles. The summed E-state index contributed by atoms with van der Waals surface area (Å²) in [5.41, 5.74) is 0. The van der Waals surface area contributed by atoms with Gasteiger partial charge in [-0.3, -0.25) is 0 Å². The van der Waals surface area contributed by atoms with Crippen molar-refractivity contribution >= 4 is 0 Å². The fourth-order valence-electron chi connectivity index (χ4n) is 0.815. The minimum Gasteiger partial charge on any atom is -0.381 e. The molecule has 67 valence electrons. The van der Waals surface area contributed by atoms with Crippen molar-refractivity contribution in [3.8, 4) is 0 Å². The predicted molar refractivity (Wildman–Crippen MR) is 43.2 cm³/mol. The van der Waals surface area contributed by atoms with Gasteiger partial charge in [0.25, 0.3) is 0 Å². The van der Waals surface area contributed by atoms with E-state index in [9.17, 15) is 0 Å². The Morgan fingerprint density at radius 1 is 1.42 bits per heavy atom. The van der Waals surface area contributed by atoms with Crippen LogP contribution in [0.2, 0.25) is 0 Å². The zero-order valence-electron chi connectivity index (χ0n) is 7.02. The summed E-state index contributed by atoms with van der Waals surface area (Å²) in [6.45, 7) is 5.96. The third kappa shape index (κ3) is 3.43. The van der Waals surface area contributed by atoms with Gasteiger partial charge < -0.3 is 4.74 Å². The average Bonchev–Trinajstić information content (AvgIpc) is 2.57. The zero-order chi connectivity index (χ0) is 8.65. The summed E-state index contributed by atoms with van der Waals surface area (Å²) < 4.78 is 6.92. The van der Waals surface area contributed by atoms with Crippen molar-refractivity contribution in [2.45, 2.75) is 19.4 Å². The van der Waals surface area contributed by atoms with Crippen molar-refractivity contribution < 1.29 is 4.74 Å². The normalized spacial score (nSPS) is 10.4. The molecule has 1 heterocycles. The van der Waals surface area contributed by atoms with Crippen molar-refractivity contribution in [1.82, 2.24) is 20.2 Å². The Balaban J connectivity index is 1.96. The number of nitrogens with zero attached hydrogens (tertiary/aromatic N) is 4. The van der Waals surface area contributed by atoms with E-state index in [0.717, 1.165) is 32.6 Å². The predicted octanol–water partition coefficient (Wildman–Crippen LogP) is 0.304. The number of ether oxygens (including phenoxy) is 1. The van der Waals surface area contributed by atoms with E-state index in [4.69, 9.17) is 4.74 Å². The van der Waals surface area contributed by atoms with Crippen molar-refractivity contribution in [1.29, 1.82) is 0 Å². The van der Waals surface area contributed by atoms with E-state index in [2.05, 4.69) is 22.4 Å². The standard InChI is InChI=1S/C7H13N4O/c1-2-5-12-6-3-4-11-7-8-9-10-11/h7H,1-6H2. The zero-order valence-corrected chi connectivity index (χ0v) is 7.02. The highest BCUT2D eigenvalue weighted by Gasteiger charge is 1.91. The van der Waals surface area contributed by atoms with Crippen LogP contribution in [0.25, 0.3) is 0 Å². The molecule has 0 aliphatic carbocycles. The van der Waals surface area contributed by atoms with Crippen LogP contribution >= 0.6 is 0 Å². The summed E-state index contributed by atoms with van der Waals surface area (Å²) in [7, 11) is 0. The van der Waals surface area contributed by atoms with Crippen LogP contribution in [0, 0.1) is 6.92 Å². The summed E-state index contributed by atoms with van der Waals surface area (Å²) in [6.07, 6.45) is 3.36. The maximum Gasteiger partial charge on any atom is 0.138 e. The number of rotatable bonds is 6. The Kier molecular flexibility index (Phi) is 4.30. The van der Waals surface area contributed by atoms with Crippen LogP contribution in [0.4, 0.5) is 0 Å². The first-order valence-electron chi connectivity index (χ1n) is 4.01. The van der Waals surface area contributed by atoms with Crippen molar-refractivity contribution in [2.75, 3.05) is 13.2 Å². The highest BCUT2D eigenvalue weighted by molar-refractivity contribution is 4.46. The Bertz CT molecular complexity index is 187. The number of hydrogen-bond donors (Lipinski definition) is 0. The maximum atomic E-state index is 5.24. The van der Waals surface area contributed by atoms with Gasteiger partial charge in [0, 0.05) is 19.8 Å². The van der Waals surface area contributed by atoms with Crippen LogP contribution in [0.5, 0.6) is 0 Å². The van der Waals surface area contributed by atoms with Gasteiger partial charge in [-0.1, -0.05) is 6.92 Å². The summed E-state index contributed by atoms with van der Waals surface area (Å²) in [5.74, 6) is 0.